The fraction of sp³-hybridized carbons (Fsp3) is 0.500. The lowest BCUT2D eigenvalue weighted by Gasteiger charge is -2.29. The Hall–Kier alpha value is -2.47. The van der Waals surface area contributed by atoms with E-state index in [2.05, 4.69) is 0 Å². The molecule has 0 saturated carbocycles. The molecule has 1 aliphatic rings. The molecule has 1 amide bonds. The Bertz CT molecular complexity index is 1290. The summed E-state index contributed by atoms with van der Waals surface area (Å²) in [4.78, 5) is 14.0. The summed E-state index contributed by atoms with van der Waals surface area (Å²) in [5, 5.41) is 0. The highest BCUT2D eigenvalue weighted by Crippen LogP contribution is 2.27. The number of ether oxygens (including phenoxy) is 1. The molecule has 1 fully saturated rings. The zero-order chi connectivity index (χ0) is 27.4. The van der Waals surface area contributed by atoms with E-state index in [1.165, 1.54) is 50.5 Å². The van der Waals surface area contributed by atoms with Crippen molar-refractivity contribution < 1.29 is 30.6 Å². The van der Waals surface area contributed by atoms with Crippen LogP contribution in [-0.4, -0.2) is 65.3 Å². The van der Waals surface area contributed by atoms with E-state index in [4.69, 9.17) is 8.92 Å². The van der Waals surface area contributed by atoms with Gasteiger partial charge in [0.1, 0.15) is 15.5 Å². The van der Waals surface area contributed by atoms with Crippen LogP contribution in [0.25, 0.3) is 0 Å². The van der Waals surface area contributed by atoms with Crippen molar-refractivity contribution in [1.29, 1.82) is 0 Å². The van der Waals surface area contributed by atoms with E-state index in [0.29, 0.717) is 26.1 Å². The van der Waals surface area contributed by atoms with Gasteiger partial charge in [-0.05, 0) is 48.1 Å². The van der Waals surface area contributed by atoms with Crippen molar-refractivity contribution >= 4 is 26.0 Å². The maximum atomic E-state index is 13.0. The van der Waals surface area contributed by atoms with E-state index in [9.17, 15) is 21.6 Å². The van der Waals surface area contributed by atoms with Crippen LogP contribution < -0.4 is 4.18 Å². The summed E-state index contributed by atoms with van der Waals surface area (Å²) < 4.78 is 63.2. The van der Waals surface area contributed by atoms with Crippen LogP contribution in [-0.2, 0) is 36.2 Å². The second kappa shape index (κ2) is 11.5. The van der Waals surface area contributed by atoms with Crippen molar-refractivity contribution in [2.45, 2.75) is 62.5 Å². The van der Waals surface area contributed by atoms with Gasteiger partial charge in [-0.15, -0.1) is 0 Å². The summed E-state index contributed by atoms with van der Waals surface area (Å²) in [6.07, 6.45) is 2.30. The van der Waals surface area contributed by atoms with Gasteiger partial charge in [0, 0.05) is 40.2 Å². The minimum atomic E-state index is -4.43. The maximum absolute atomic E-state index is 13.0. The van der Waals surface area contributed by atoms with Gasteiger partial charge in [0.2, 0.25) is 15.9 Å². The highest BCUT2D eigenvalue weighted by atomic mass is 32.2. The Kier molecular flexibility index (Phi) is 9.05. The lowest BCUT2D eigenvalue weighted by molar-refractivity contribution is -0.135. The summed E-state index contributed by atoms with van der Waals surface area (Å²) in [6, 6.07) is 11.7. The lowest BCUT2D eigenvalue weighted by Crippen LogP contribution is -2.38. The second-order valence-electron chi connectivity index (χ2n) is 10.6. The number of carbonyl (C=O) groups excluding carboxylic acids is 1. The van der Waals surface area contributed by atoms with Crippen LogP contribution in [0.5, 0.6) is 5.75 Å². The molecule has 3 rings (SSSR count). The van der Waals surface area contributed by atoms with E-state index in [-0.39, 0.29) is 28.1 Å². The molecule has 204 valence electrons. The molecule has 1 atom stereocenters. The SMILES string of the molecule is CN(C)S(=O)(=O)c1ccccc1S(=O)(=O)Oc1ccc(CN(C[C@@H]2CCCO2)C(=O)CC(C)(C)C)cc1. The predicted octanol–water partition coefficient (Wildman–Crippen LogP) is 3.65. The molecule has 0 spiro atoms. The first-order chi connectivity index (χ1) is 17.2. The van der Waals surface area contributed by atoms with Crippen LogP contribution in [0.2, 0.25) is 0 Å². The fourth-order valence-corrected chi connectivity index (χ4v) is 6.57. The molecule has 2 aromatic rings. The fourth-order valence-electron chi connectivity index (χ4n) is 3.96. The van der Waals surface area contributed by atoms with Gasteiger partial charge >= 0.3 is 10.1 Å². The molecule has 9 nitrogen and oxygen atoms in total. The van der Waals surface area contributed by atoms with Crippen molar-refractivity contribution in [3.05, 3.63) is 54.1 Å². The summed E-state index contributed by atoms with van der Waals surface area (Å²) >= 11 is 0. The largest absolute Gasteiger partial charge is 0.379 e. The molecule has 0 bridgehead atoms. The van der Waals surface area contributed by atoms with Gasteiger partial charge in [0.05, 0.1) is 6.10 Å². The Balaban J connectivity index is 1.78. The predicted molar refractivity (Wildman–Crippen MR) is 140 cm³/mol. The molecule has 0 N–H and O–H groups in total. The number of hydrogen-bond acceptors (Lipinski definition) is 7. The van der Waals surface area contributed by atoms with Crippen molar-refractivity contribution in [2.75, 3.05) is 27.2 Å². The molecular formula is C26H36N2O7S2. The third kappa shape index (κ3) is 7.76. The van der Waals surface area contributed by atoms with E-state index in [1.54, 1.807) is 17.0 Å². The molecule has 1 saturated heterocycles. The average molecular weight is 553 g/mol. The molecule has 11 heteroatoms. The van der Waals surface area contributed by atoms with Gasteiger partial charge in [-0.1, -0.05) is 45.0 Å². The number of rotatable bonds is 10. The van der Waals surface area contributed by atoms with Crippen molar-refractivity contribution in [3.63, 3.8) is 0 Å². The molecule has 0 aromatic heterocycles. The zero-order valence-electron chi connectivity index (χ0n) is 22.0. The highest BCUT2D eigenvalue weighted by Gasteiger charge is 2.30. The third-order valence-corrected chi connectivity index (χ3v) is 9.17. The number of sulfonamides is 1. The van der Waals surface area contributed by atoms with Gasteiger partial charge in [-0.3, -0.25) is 4.79 Å². The number of hydrogen-bond donors (Lipinski definition) is 0. The number of carbonyl (C=O) groups is 1. The Morgan fingerprint density at radius 1 is 1.00 bits per heavy atom. The van der Waals surface area contributed by atoms with Crippen LogP contribution >= 0.6 is 0 Å². The monoisotopic (exact) mass is 552 g/mol. The smallest absolute Gasteiger partial charge is 0.340 e. The molecule has 2 aromatic carbocycles. The molecule has 0 unspecified atom stereocenters. The van der Waals surface area contributed by atoms with E-state index >= 15 is 0 Å². The Morgan fingerprint density at radius 2 is 1.62 bits per heavy atom. The topological polar surface area (TPSA) is 110 Å². The normalized spacial score (nSPS) is 16.6. The quantitative estimate of drug-likeness (QED) is 0.414. The van der Waals surface area contributed by atoms with E-state index in [0.717, 1.165) is 22.7 Å². The summed E-state index contributed by atoms with van der Waals surface area (Å²) in [5.74, 6) is 0.0668. The zero-order valence-corrected chi connectivity index (χ0v) is 23.6. The van der Waals surface area contributed by atoms with Gasteiger partial charge in [0.15, 0.2) is 0 Å². The summed E-state index contributed by atoms with van der Waals surface area (Å²) in [5.41, 5.74) is 0.648. The van der Waals surface area contributed by atoms with Crippen LogP contribution in [0.15, 0.2) is 58.3 Å². The minimum absolute atomic E-state index is 0.00943. The highest BCUT2D eigenvalue weighted by molar-refractivity contribution is 7.91. The van der Waals surface area contributed by atoms with Crippen molar-refractivity contribution in [1.82, 2.24) is 9.21 Å². The average Bonchev–Trinajstić information content (AvgIpc) is 3.31. The first kappa shape index (κ1) is 29.1. The molecule has 0 radical (unpaired) electrons. The molecule has 1 aliphatic heterocycles. The summed E-state index contributed by atoms with van der Waals surface area (Å²) in [6.45, 7) is 7.60. The van der Waals surface area contributed by atoms with Gasteiger partial charge in [-0.25, -0.2) is 12.7 Å². The number of nitrogens with zero attached hydrogens (tertiary/aromatic N) is 2. The van der Waals surface area contributed by atoms with E-state index in [1.807, 2.05) is 20.8 Å². The van der Waals surface area contributed by atoms with Crippen LogP contribution in [0.1, 0.15) is 45.6 Å². The molecule has 1 heterocycles. The van der Waals surface area contributed by atoms with E-state index < -0.39 is 25.0 Å². The second-order valence-corrected chi connectivity index (χ2v) is 14.2. The van der Waals surface area contributed by atoms with Crippen molar-refractivity contribution in [3.8, 4) is 5.75 Å². The molecular weight excluding hydrogens is 516 g/mol. The first-order valence-electron chi connectivity index (χ1n) is 12.1. The van der Waals surface area contributed by atoms with Gasteiger partial charge in [-0.2, -0.15) is 8.42 Å². The Labute approximate surface area is 220 Å². The number of benzene rings is 2. The summed E-state index contributed by atoms with van der Waals surface area (Å²) in [7, 11) is -5.79. The van der Waals surface area contributed by atoms with Gasteiger partial charge in [0.25, 0.3) is 0 Å². The maximum Gasteiger partial charge on any atom is 0.340 e. The van der Waals surface area contributed by atoms with Gasteiger partial charge < -0.3 is 13.8 Å². The standard InChI is InChI=1S/C26H36N2O7S2/c1-26(2,3)17-25(29)28(19-22-9-8-16-34-22)18-20-12-14-21(15-13-20)35-37(32,33)24-11-7-6-10-23(24)36(30,31)27(4)5/h6-7,10-15,22H,8-9,16-19H2,1-5H3/t22-/m0/s1. The molecule has 0 aliphatic carbocycles. The first-order valence-corrected chi connectivity index (χ1v) is 15.0. The van der Waals surface area contributed by atoms with Crippen LogP contribution in [0.4, 0.5) is 0 Å². The Morgan fingerprint density at radius 3 is 2.16 bits per heavy atom. The third-order valence-electron chi connectivity index (χ3n) is 5.86. The van der Waals surface area contributed by atoms with Crippen LogP contribution in [0, 0.1) is 5.41 Å². The van der Waals surface area contributed by atoms with Crippen molar-refractivity contribution in [2.24, 2.45) is 5.41 Å². The minimum Gasteiger partial charge on any atom is -0.379 e. The van der Waals surface area contributed by atoms with Crippen LogP contribution in [0.3, 0.4) is 0 Å². The molecule has 37 heavy (non-hydrogen) atoms. The number of amides is 1. The lowest BCUT2D eigenvalue weighted by atomic mass is 9.91.